The van der Waals surface area contributed by atoms with E-state index in [4.69, 9.17) is 4.74 Å². The second kappa shape index (κ2) is 9.32. The van der Waals surface area contributed by atoms with Gasteiger partial charge in [-0.3, -0.25) is 0 Å². The molecule has 118 valence electrons. The minimum atomic E-state index is -0.478. The normalized spacial score (nSPS) is 19.9. The number of hydrogen-bond donors (Lipinski definition) is 2. The first-order chi connectivity index (χ1) is 9.24. The molecule has 5 atom stereocenters. The van der Waals surface area contributed by atoms with Crippen LogP contribution in [0.1, 0.15) is 41.5 Å². The van der Waals surface area contributed by atoms with Gasteiger partial charge in [-0.25, -0.2) is 0 Å². The predicted octanol–water partition coefficient (Wildman–Crippen LogP) is 3.18. The van der Waals surface area contributed by atoms with E-state index in [0.717, 1.165) is 5.57 Å². The molecule has 0 spiro atoms. The number of ether oxygens (including phenoxy) is 1. The Morgan fingerprint density at radius 1 is 1.05 bits per heavy atom. The van der Waals surface area contributed by atoms with Crippen LogP contribution in [-0.2, 0) is 4.74 Å². The molecular weight excluding hydrogens is 252 g/mol. The number of hydrogen-bond acceptors (Lipinski definition) is 3. The van der Waals surface area contributed by atoms with E-state index in [2.05, 4.69) is 19.1 Å². The summed E-state index contributed by atoms with van der Waals surface area (Å²) >= 11 is 0. The molecule has 0 aliphatic heterocycles. The molecule has 2 N–H and O–H groups in total. The van der Waals surface area contributed by atoms with Gasteiger partial charge in [-0.2, -0.15) is 0 Å². The van der Waals surface area contributed by atoms with Crippen molar-refractivity contribution in [2.75, 3.05) is 13.7 Å². The summed E-state index contributed by atoms with van der Waals surface area (Å²) in [6.07, 6.45) is 3.62. The molecule has 0 saturated heterocycles. The molecule has 0 fully saturated rings. The summed E-state index contributed by atoms with van der Waals surface area (Å²) < 4.78 is 5.47. The van der Waals surface area contributed by atoms with Gasteiger partial charge in [0.2, 0.25) is 0 Å². The number of aliphatic hydroxyl groups excluding tert-OH is 2. The maximum atomic E-state index is 10.3. The van der Waals surface area contributed by atoms with Crippen molar-refractivity contribution < 1.29 is 14.9 Å². The molecule has 0 aromatic carbocycles. The van der Waals surface area contributed by atoms with Crippen molar-refractivity contribution >= 4 is 0 Å². The van der Waals surface area contributed by atoms with Crippen LogP contribution in [0.4, 0.5) is 0 Å². The molecule has 0 saturated carbocycles. The van der Waals surface area contributed by atoms with Crippen molar-refractivity contribution in [2.45, 2.75) is 53.8 Å². The van der Waals surface area contributed by atoms with Crippen molar-refractivity contribution in [3.05, 3.63) is 23.3 Å². The first-order valence-electron chi connectivity index (χ1n) is 7.39. The van der Waals surface area contributed by atoms with Gasteiger partial charge in [0, 0.05) is 31.5 Å². The van der Waals surface area contributed by atoms with Gasteiger partial charge in [-0.15, -0.1) is 0 Å². The molecule has 0 aliphatic rings. The first-order valence-corrected chi connectivity index (χ1v) is 7.39. The number of aliphatic hydroxyl groups is 2. The Bertz CT molecular complexity index is 329. The number of rotatable bonds is 8. The standard InChI is InChI=1S/C17H32O3/c1-11(2)8-12(3)16(19)13(4)9-14(5)17(20-7)15(6)10-18/h8-9,12,14-19H,10H2,1-7H3/b13-9+/t12-,14+,15+,16+,17+/m1/s1. The zero-order valence-electron chi connectivity index (χ0n) is 14.1. The Morgan fingerprint density at radius 3 is 2.00 bits per heavy atom. The molecule has 3 nitrogen and oxygen atoms in total. The van der Waals surface area contributed by atoms with E-state index in [1.165, 1.54) is 5.57 Å². The van der Waals surface area contributed by atoms with Crippen LogP contribution >= 0.6 is 0 Å². The molecule has 0 aromatic heterocycles. The van der Waals surface area contributed by atoms with Crippen molar-refractivity contribution in [1.82, 2.24) is 0 Å². The molecule has 0 radical (unpaired) electrons. The topological polar surface area (TPSA) is 49.7 Å². The van der Waals surface area contributed by atoms with Crippen molar-refractivity contribution in [2.24, 2.45) is 17.8 Å². The van der Waals surface area contributed by atoms with Crippen LogP contribution in [0.2, 0.25) is 0 Å². The zero-order chi connectivity index (χ0) is 15.9. The molecule has 0 rings (SSSR count). The smallest absolute Gasteiger partial charge is 0.0807 e. The van der Waals surface area contributed by atoms with Crippen LogP contribution in [0, 0.1) is 17.8 Å². The summed E-state index contributed by atoms with van der Waals surface area (Å²) in [4.78, 5) is 0. The second-order valence-electron chi connectivity index (χ2n) is 6.18. The molecule has 0 amide bonds. The van der Waals surface area contributed by atoms with Gasteiger partial charge in [0.1, 0.15) is 0 Å². The molecule has 0 heterocycles. The lowest BCUT2D eigenvalue weighted by Crippen LogP contribution is -2.30. The average Bonchev–Trinajstić information content (AvgIpc) is 2.37. The number of methoxy groups -OCH3 is 1. The fraction of sp³-hybridized carbons (Fsp3) is 0.765. The van der Waals surface area contributed by atoms with E-state index >= 15 is 0 Å². The van der Waals surface area contributed by atoms with Gasteiger partial charge in [-0.1, -0.05) is 38.5 Å². The fourth-order valence-electron chi connectivity index (χ4n) is 2.71. The third-order valence-corrected chi connectivity index (χ3v) is 3.73. The summed E-state index contributed by atoms with van der Waals surface area (Å²) in [5.74, 6) is 0.321. The summed E-state index contributed by atoms with van der Waals surface area (Å²) in [5.41, 5.74) is 2.16. The van der Waals surface area contributed by atoms with Crippen LogP contribution in [0.15, 0.2) is 23.3 Å². The molecule has 3 heteroatoms. The minimum absolute atomic E-state index is 0.0408. The SMILES string of the molecule is CO[C@@H]([C@@H](C)/C=C(\C)[C@@H](O)[C@H](C)C=C(C)C)[C@@H](C)CO. The lowest BCUT2D eigenvalue weighted by atomic mass is 9.89. The van der Waals surface area contributed by atoms with Gasteiger partial charge in [0.05, 0.1) is 12.2 Å². The highest BCUT2D eigenvalue weighted by molar-refractivity contribution is 5.12. The highest BCUT2D eigenvalue weighted by Crippen LogP contribution is 2.22. The van der Waals surface area contributed by atoms with E-state index in [1.807, 2.05) is 34.6 Å². The molecule has 20 heavy (non-hydrogen) atoms. The maximum Gasteiger partial charge on any atom is 0.0807 e. The highest BCUT2D eigenvalue weighted by Gasteiger charge is 2.23. The molecule has 0 unspecified atom stereocenters. The Labute approximate surface area is 124 Å². The summed E-state index contributed by atoms with van der Waals surface area (Å²) in [5, 5.41) is 19.6. The largest absolute Gasteiger partial charge is 0.396 e. The fourth-order valence-corrected chi connectivity index (χ4v) is 2.71. The zero-order valence-corrected chi connectivity index (χ0v) is 14.1. The van der Waals surface area contributed by atoms with E-state index in [-0.39, 0.29) is 30.5 Å². The van der Waals surface area contributed by atoms with Crippen LogP contribution in [0.25, 0.3) is 0 Å². The second-order valence-corrected chi connectivity index (χ2v) is 6.18. The minimum Gasteiger partial charge on any atom is -0.396 e. The van der Waals surface area contributed by atoms with E-state index in [0.29, 0.717) is 0 Å². The summed E-state index contributed by atoms with van der Waals surface area (Å²) in [6.45, 7) is 12.2. The lowest BCUT2D eigenvalue weighted by Gasteiger charge is -2.27. The van der Waals surface area contributed by atoms with Crippen LogP contribution in [0.3, 0.4) is 0 Å². The molecule has 0 bridgehead atoms. The van der Waals surface area contributed by atoms with Crippen LogP contribution < -0.4 is 0 Å². The maximum absolute atomic E-state index is 10.3. The third-order valence-electron chi connectivity index (χ3n) is 3.73. The van der Waals surface area contributed by atoms with Gasteiger partial charge in [0.25, 0.3) is 0 Å². The van der Waals surface area contributed by atoms with Crippen LogP contribution in [0.5, 0.6) is 0 Å². The summed E-state index contributed by atoms with van der Waals surface area (Å²) in [7, 11) is 1.67. The Kier molecular flexibility index (Phi) is 9.03. The van der Waals surface area contributed by atoms with E-state index in [9.17, 15) is 10.2 Å². The van der Waals surface area contributed by atoms with Crippen LogP contribution in [-0.4, -0.2) is 36.1 Å². The predicted molar refractivity (Wildman–Crippen MR) is 84.6 cm³/mol. The highest BCUT2D eigenvalue weighted by atomic mass is 16.5. The van der Waals surface area contributed by atoms with Gasteiger partial charge < -0.3 is 14.9 Å². The van der Waals surface area contributed by atoms with Gasteiger partial charge >= 0.3 is 0 Å². The Morgan fingerprint density at radius 2 is 1.60 bits per heavy atom. The van der Waals surface area contributed by atoms with E-state index < -0.39 is 6.10 Å². The quantitative estimate of drug-likeness (QED) is 0.673. The molecular formula is C17H32O3. The molecule has 0 aliphatic carbocycles. The Hall–Kier alpha value is -0.640. The van der Waals surface area contributed by atoms with Gasteiger partial charge in [0.15, 0.2) is 0 Å². The van der Waals surface area contributed by atoms with Crippen molar-refractivity contribution in [3.63, 3.8) is 0 Å². The van der Waals surface area contributed by atoms with Crippen molar-refractivity contribution in [3.8, 4) is 0 Å². The Balaban J connectivity index is 4.89. The number of allylic oxidation sites excluding steroid dienone is 1. The monoisotopic (exact) mass is 284 g/mol. The summed E-state index contributed by atoms with van der Waals surface area (Å²) in [6, 6.07) is 0. The first kappa shape index (κ1) is 19.4. The third kappa shape index (κ3) is 6.21. The van der Waals surface area contributed by atoms with E-state index in [1.54, 1.807) is 7.11 Å². The molecule has 0 aromatic rings. The van der Waals surface area contributed by atoms with Gasteiger partial charge in [-0.05, 0) is 26.3 Å². The average molecular weight is 284 g/mol. The van der Waals surface area contributed by atoms with Crippen molar-refractivity contribution in [1.29, 1.82) is 0 Å². The lowest BCUT2D eigenvalue weighted by molar-refractivity contribution is 0.0101.